The topological polar surface area (TPSA) is 32.3 Å². The number of nitrogens with one attached hydrogen (secondary N) is 1. The van der Waals surface area contributed by atoms with Crippen LogP contribution in [0.4, 0.5) is 0 Å². The van der Waals surface area contributed by atoms with E-state index in [1.54, 1.807) is 0 Å². The summed E-state index contributed by atoms with van der Waals surface area (Å²) in [6.07, 6.45) is 5.40. The van der Waals surface area contributed by atoms with Gasteiger partial charge in [-0.25, -0.2) is 0 Å². The second kappa shape index (κ2) is 8.14. The molecule has 2 aliphatic heterocycles. The third-order valence-electron chi connectivity index (χ3n) is 8.89. The van der Waals surface area contributed by atoms with Crippen LogP contribution >= 0.6 is 0 Å². The summed E-state index contributed by atoms with van der Waals surface area (Å²) in [5.41, 5.74) is 5.41. The van der Waals surface area contributed by atoms with Gasteiger partial charge in [0.05, 0.1) is 5.54 Å². The first-order valence-corrected chi connectivity index (χ1v) is 12.4. The fraction of sp³-hybridized carbons (Fsp3) is 0.367. The molecule has 2 saturated heterocycles. The molecule has 1 amide bonds. The average molecular weight is 437 g/mol. The molecule has 0 radical (unpaired) electrons. The van der Waals surface area contributed by atoms with Crippen LogP contribution in [-0.2, 0) is 22.2 Å². The standard InChI is InChI=1S/C30H32N2O/c33-22-32-18-16-25(23-9-3-1-4-10-23)19-30(32,26-12-5-2-6-13-26)28-20-31-21-29(28)17-15-24-11-7-8-14-27(24)29/h1-14,22,25,28,31H,15-21H2/t25-,28-,29+,30-/m1/s1. The maximum atomic E-state index is 12.7. The molecule has 3 aromatic rings. The van der Waals surface area contributed by atoms with Crippen LogP contribution in [0.2, 0.25) is 0 Å². The van der Waals surface area contributed by atoms with Crippen molar-refractivity contribution >= 4 is 6.41 Å². The molecule has 1 aliphatic carbocycles. The number of rotatable bonds is 4. The Morgan fingerprint density at radius 3 is 2.42 bits per heavy atom. The number of hydrogen-bond acceptors (Lipinski definition) is 2. The number of nitrogens with zero attached hydrogens (tertiary/aromatic N) is 1. The fourth-order valence-electron chi connectivity index (χ4n) is 7.45. The largest absolute Gasteiger partial charge is 0.335 e. The smallest absolute Gasteiger partial charge is 0.210 e. The maximum Gasteiger partial charge on any atom is 0.210 e. The van der Waals surface area contributed by atoms with Gasteiger partial charge in [-0.2, -0.15) is 0 Å². The summed E-state index contributed by atoms with van der Waals surface area (Å²) >= 11 is 0. The van der Waals surface area contributed by atoms with E-state index in [0.29, 0.717) is 11.8 Å². The van der Waals surface area contributed by atoms with E-state index in [4.69, 9.17) is 0 Å². The van der Waals surface area contributed by atoms with Crippen LogP contribution in [0.3, 0.4) is 0 Å². The van der Waals surface area contributed by atoms with E-state index >= 15 is 0 Å². The Hall–Kier alpha value is -2.91. The van der Waals surface area contributed by atoms with Crippen LogP contribution < -0.4 is 5.32 Å². The Labute approximate surface area is 196 Å². The van der Waals surface area contributed by atoms with E-state index in [1.165, 1.54) is 22.3 Å². The van der Waals surface area contributed by atoms with Gasteiger partial charge in [0, 0.05) is 31.0 Å². The Morgan fingerprint density at radius 2 is 1.64 bits per heavy atom. The molecule has 2 heterocycles. The van der Waals surface area contributed by atoms with Crippen molar-refractivity contribution in [2.75, 3.05) is 19.6 Å². The van der Waals surface area contributed by atoms with Crippen LogP contribution in [0.25, 0.3) is 0 Å². The second-order valence-electron chi connectivity index (χ2n) is 10.2. The van der Waals surface area contributed by atoms with Crippen molar-refractivity contribution < 1.29 is 4.79 Å². The molecule has 1 spiro atoms. The molecular weight excluding hydrogens is 404 g/mol. The molecule has 0 unspecified atom stereocenters. The monoisotopic (exact) mass is 436 g/mol. The van der Waals surface area contributed by atoms with Gasteiger partial charge in [0.15, 0.2) is 0 Å². The van der Waals surface area contributed by atoms with Gasteiger partial charge in [0.25, 0.3) is 0 Å². The predicted octanol–water partition coefficient (Wildman–Crippen LogP) is 5.02. The van der Waals surface area contributed by atoms with Crippen molar-refractivity contribution in [1.82, 2.24) is 10.2 Å². The summed E-state index contributed by atoms with van der Waals surface area (Å²) in [7, 11) is 0. The van der Waals surface area contributed by atoms with Crippen molar-refractivity contribution in [3.05, 3.63) is 107 Å². The molecule has 3 aliphatic rings. The summed E-state index contributed by atoms with van der Waals surface area (Å²) in [4.78, 5) is 14.9. The van der Waals surface area contributed by atoms with Crippen LogP contribution in [0.5, 0.6) is 0 Å². The lowest BCUT2D eigenvalue weighted by molar-refractivity contribution is -0.132. The van der Waals surface area contributed by atoms with Gasteiger partial charge in [-0.15, -0.1) is 0 Å². The number of amides is 1. The number of piperidine rings is 1. The quantitative estimate of drug-likeness (QED) is 0.583. The SMILES string of the molecule is O=CN1CC[C@@H](c2ccccc2)C[C@@]1(c1ccccc1)[C@@H]1CNC[C@]12CCc1ccccc12. The fourth-order valence-corrected chi connectivity index (χ4v) is 7.45. The Morgan fingerprint density at radius 1 is 0.909 bits per heavy atom. The van der Waals surface area contributed by atoms with E-state index in [1.807, 2.05) is 0 Å². The first-order valence-electron chi connectivity index (χ1n) is 12.4. The molecule has 6 rings (SSSR count). The molecule has 168 valence electrons. The van der Waals surface area contributed by atoms with Gasteiger partial charge in [0.2, 0.25) is 6.41 Å². The zero-order chi connectivity index (χ0) is 22.3. The number of likely N-dealkylation sites (tertiary alicyclic amines) is 1. The van der Waals surface area contributed by atoms with Gasteiger partial charge >= 0.3 is 0 Å². The molecular formula is C30H32N2O. The minimum atomic E-state index is -0.331. The summed E-state index contributed by atoms with van der Waals surface area (Å²) in [6.45, 7) is 2.73. The number of fused-ring (bicyclic) bond motifs is 2. The zero-order valence-corrected chi connectivity index (χ0v) is 19.1. The molecule has 4 atom stereocenters. The summed E-state index contributed by atoms with van der Waals surface area (Å²) < 4.78 is 0. The number of carbonyl (C=O) groups is 1. The summed E-state index contributed by atoms with van der Waals surface area (Å²) in [5, 5.41) is 3.79. The summed E-state index contributed by atoms with van der Waals surface area (Å²) in [5.74, 6) is 0.768. The van der Waals surface area contributed by atoms with Gasteiger partial charge < -0.3 is 10.2 Å². The van der Waals surface area contributed by atoms with Crippen molar-refractivity contribution in [3.63, 3.8) is 0 Å². The van der Waals surface area contributed by atoms with Gasteiger partial charge in [0.1, 0.15) is 0 Å². The van der Waals surface area contributed by atoms with E-state index in [9.17, 15) is 4.79 Å². The van der Waals surface area contributed by atoms with Gasteiger partial charge in [-0.05, 0) is 53.9 Å². The third kappa shape index (κ3) is 3.09. The maximum absolute atomic E-state index is 12.7. The Bertz CT molecular complexity index is 1130. The van der Waals surface area contributed by atoms with Crippen LogP contribution in [0.15, 0.2) is 84.9 Å². The van der Waals surface area contributed by atoms with E-state index in [0.717, 1.165) is 51.7 Å². The molecule has 3 aromatic carbocycles. The van der Waals surface area contributed by atoms with Crippen molar-refractivity contribution in [2.45, 2.75) is 42.6 Å². The minimum absolute atomic E-state index is 0.0618. The zero-order valence-electron chi connectivity index (χ0n) is 19.1. The predicted molar refractivity (Wildman–Crippen MR) is 132 cm³/mol. The van der Waals surface area contributed by atoms with Crippen LogP contribution in [0.1, 0.15) is 47.4 Å². The molecule has 0 saturated carbocycles. The lowest BCUT2D eigenvalue weighted by atomic mass is 9.58. The minimum Gasteiger partial charge on any atom is -0.335 e. The van der Waals surface area contributed by atoms with Gasteiger partial charge in [-0.3, -0.25) is 4.79 Å². The normalized spacial score (nSPS) is 31.0. The molecule has 2 fully saturated rings. The van der Waals surface area contributed by atoms with Crippen LogP contribution in [-0.4, -0.2) is 30.9 Å². The molecule has 3 heteroatoms. The van der Waals surface area contributed by atoms with E-state index < -0.39 is 0 Å². The Kier molecular flexibility index (Phi) is 5.10. The first kappa shape index (κ1) is 20.7. The number of carbonyl (C=O) groups excluding carboxylic acids is 1. The summed E-state index contributed by atoms with van der Waals surface area (Å²) in [6, 6.07) is 30.9. The molecule has 1 N–H and O–H groups in total. The van der Waals surface area contributed by atoms with Crippen molar-refractivity contribution in [3.8, 4) is 0 Å². The van der Waals surface area contributed by atoms with E-state index in [2.05, 4.69) is 95.1 Å². The molecule has 0 aromatic heterocycles. The first-order chi connectivity index (χ1) is 16.3. The second-order valence-corrected chi connectivity index (χ2v) is 10.2. The molecule has 3 nitrogen and oxygen atoms in total. The lowest BCUT2D eigenvalue weighted by Gasteiger charge is -2.55. The molecule has 0 bridgehead atoms. The number of benzene rings is 3. The highest BCUT2D eigenvalue weighted by molar-refractivity contribution is 5.54. The lowest BCUT2D eigenvalue weighted by Crippen LogP contribution is -2.59. The highest BCUT2D eigenvalue weighted by atomic mass is 16.1. The van der Waals surface area contributed by atoms with Gasteiger partial charge in [-0.1, -0.05) is 84.9 Å². The third-order valence-corrected chi connectivity index (χ3v) is 8.89. The van der Waals surface area contributed by atoms with Crippen LogP contribution in [0, 0.1) is 5.92 Å². The highest BCUT2D eigenvalue weighted by Gasteiger charge is 2.60. The van der Waals surface area contributed by atoms with Crippen molar-refractivity contribution in [1.29, 1.82) is 0 Å². The number of hydrogen-bond donors (Lipinski definition) is 1. The van der Waals surface area contributed by atoms with Crippen molar-refractivity contribution in [2.24, 2.45) is 5.92 Å². The number of aryl methyl sites for hydroxylation is 1. The van der Waals surface area contributed by atoms with E-state index in [-0.39, 0.29) is 11.0 Å². The average Bonchev–Trinajstić information content (AvgIpc) is 3.50. The molecule has 33 heavy (non-hydrogen) atoms. The Balaban J connectivity index is 1.54. The highest BCUT2D eigenvalue weighted by Crippen LogP contribution is 2.58.